The molecule has 0 bridgehead atoms. The number of hydrogen-bond acceptors (Lipinski definition) is 4. The maximum atomic E-state index is 12.0. The fourth-order valence-corrected chi connectivity index (χ4v) is 3.32. The highest BCUT2D eigenvalue weighted by Gasteiger charge is 2.21. The number of aliphatic hydroxyl groups excluding tert-OH is 1. The average Bonchev–Trinajstić information content (AvgIpc) is 2.44. The Balaban J connectivity index is 2.15. The third-order valence-electron chi connectivity index (χ3n) is 3.38. The molecule has 0 radical (unpaired) electrons. The summed E-state index contributed by atoms with van der Waals surface area (Å²) in [7, 11) is -3.80. The summed E-state index contributed by atoms with van der Waals surface area (Å²) in [6, 6.07) is 4.94. The second-order valence-corrected chi connectivity index (χ2v) is 6.61. The van der Waals surface area contributed by atoms with Gasteiger partial charge in [-0.1, -0.05) is 6.07 Å². The zero-order valence-electron chi connectivity index (χ0n) is 10.9. The van der Waals surface area contributed by atoms with Crippen LogP contribution in [0.15, 0.2) is 23.1 Å². The molecule has 0 saturated carbocycles. The van der Waals surface area contributed by atoms with Crippen LogP contribution < -0.4 is 4.72 Å². The first-order valence-corrected chi connectivity index (χ1v) is 7.91. The van der Waals surface area contributed by atoms with Gasteiger partial charge < -0.3 is 10.2 Å². The zero-order valence-corrected chi connectivity index (χ0v) is 11.7. The first kappa shape index (κ1) is 15.0. The zero-order chi connectivity index (χ0) is 14.8. The van der Waals surface area contributed by atoms with Crippen LogP contribution in [-0.2, 0) is 27.7 Å². The Hall–Kier alpha value is -1.44. The summed E-state index contributed by atoms with van der Waals surface area (Å²) in [5, 5.41) is 17.6. The summed E-state index contributed by atoms with van der Waals surface area (Å²) >= 11 is 0. The fourth-order valence-electron chi connectivity index (χ4n) is 2.24. The van der Waals surface area contributed by atoms with E-state index in [1.54, 1.807) is 12.1 Å². The molecule has 0 spiro atoms. The van der Waals surface area contributed by atoms with Crippen molar-refractivity contribution in [2.45, 2.75) is 36.7 Å². The lowest BCUT2D eigenvalue weighted by atomic mass is 9.92. The van der Waals surface area contributed by atoms with Crippen LogP contribution in [0.5, 0.6) is 0 Å². The van der Waals surface area contributed by atoms with Crippen LogP contribution in [-0.4, -0.2) is 37.2 Å². The van der Waals surface area contributed by atoms with Crippen molar-refractivity contribution in [1.82, 2.24) is 4.72 Å². The standard InChI is InChI=1S/C13H17NO5S/c15-12(13(16)17)8-14-20(18,19)11-6-5-9-3-1-2-4-10(9)7-11/h5-7,12,14-15H,1-4,8H2,(H,16,17). The monoisotopic (exact) mass is 299 g/mol. The first-order valence-electron chi connectivity index (χ1n) is 6.42. The maximum Gasteiger partial charge on any atom is 0.333 e. The minimum atomic E-state index is -3.80. The molecule has 0 saturated heterocycles. The number of hydrogen-bond donors (Lipinski definition) is 3. The number of aryl methyl sites for hydroxylation is 2. The van der Waals surface area contributed by atoms with Crippen LogP contribution in [0.25, 0.3) is 0 Å². The van der Waals surface area contributed by atoms with E-state index in [0.29, 0.717) is 0 Å². The summed E-state index contributed by atoms with van der Waals surface area (Å²) in [5.74, 6) is -1.46. The first-order chi connectivity index (χ1) is 9.40. The van der Waals surface area contributed by atoms with Crippen LogP contribution in [0.3, 0.4) is 0 Å². The van der Waals surface area contributed by atoms with Gasteiger partial charge in [0, 0.05) is 6.54 Å². The maximum absolute atomic E-state index is 12.0. The van der Waals surface area contributed by atoms with Crippen LogP contribution in [0, 0.1) is 0 Å². The Bertz CT molecular complexity index is 611. The molecule has 1 aliphatic rings. The third-order valence-corrected chi connectivity index (χ3v) is 4.80. The van der Waals surface area contributed by atoms with Gasteiger partial charge in [0.15, 0.2) is 6.10 Å². The van der Waals surface area contributed by atoms with Crippen LogP contribution in [0.1, 0.15) is 24.0 Å². The van der Waals surface area contributed by atoms with Gasteiger partial charge in [0.25, 0.3) is 0 Å². The minimum absolute atomic E-state index is 0.107. The van der Waals surface area contributed by atoms with Crippen LogP contribution in [0.4, 0.5) is 0 Å². The summed E-state index contributed by atoms with van der Waals surface area (Å²) in [6.45, 7) is -0.547. The predicted molar refractivity (Wildman–Crippen MR) is 71.9 cm³/mol. The van der Waals surface area contributed by atoms with Gasteiger partial charge in [-0.3, -0.25) is 0 Å². The van der Waals surface area contributed by atoms with Gasteiger partial charge in [0.05, 0.1) is 4.90 Å². The van der Waals surface area contributed by atoms with Crippen LogP contribution in [0.2, 0.25) is 0 Å². The van der Waals surface area contributed by atoms with E-state index in [-0.39, 0.29) is 4.90 Å². The molecule has 2 rings (SSSR count). The highest BCUT2D eigenvalue weighted by molar-refractivity contribution is 7.89. The van der Waals surface area contributed by atoms with Gasteiger partial charge >= 0.3 is 5.97 Å². The molecule has 1 unspecified atom stereocenters. The summed E-state index contributed by atoms with van der Waals surface area (Å²) < 4.78 is 26.2. The molecule has 3 N–H and O–H groups in total. The smallest absolute Gasteiger partial charge is 0.333 e. The quantitative estimate of drug-likeness (QED) is 0.725. The SMILES string of the molecule is O=C(O)C(O)CNS(=O)(=O)c1ccc2c(c1)CCCC2. The van der Waals surface area contributed by atoms with Crippen LogP contribution >= 0.6 is 0 Å². The van der Waals surface area contributed by atoms with E-state index >= 15 is 0 Å². The molecule has 7 heteroatoms. The number of sulfonamides is 1. The van der Waals surface area contributed by atoms with Crippen molar-refractivity contribution in [2.75, 3.05) is 6.54 Å². The molecule has 1 aromatic carbocycles. The molecule has 0 aromatic heterocycles. The molecule has 0 fully saturated rings. The molecule has 1 aliphatic carbocycles. The van der Waals surface area contributed by atoms with Crippen molar-refractivity contribution >= 4 is 16.0 Å². The van der Waals surface area contributed by atoms with Crippen molar-refractivity contribution in [2.24, 2.45) is 0 Å². The summed E-state index contributed by atoms with van der Waals surface area (Å²) in [5.41, 5.74) is 2.19. The number of carboxylic acid groups (broad SMARTS) is 1. The molecule has 1 atom stereocenters. The highest BCUT2D eigenvalue weighted by Crippen LogP contribution is 2.23. The van der Waals surface area contributed by atoms with Gasteiger partial charge in [-0.15, -0.1) is 0 Å². The van der Waals surface area contributed by atoms with E-state index in [9.17, 15) is 13.2 Å². The summed E-state index contributed by atoms with van der Waals surface area (Å²) in [4.78, 5) is 10.6. The van der Waals surface area contributed by atoms with Gasteiger partial charge in [-0.25, -0.2) is 17.9 Å². The Morgan fingerprint density at radius 2 is 1.90 bits per heavy atom. The van der Waals surface area contributed by atoms with E-state index < -0.39 is 28.6 Å². The molecule has 110 valence electrons. The molecule has 0 aliphatic heterocycles. The molecule has 0 amide bonds. The number of carboxylic acids is 1. The highest BCUT2D eigenvalue weighted by atomic mass is 32.2. The number of fused-ring (bicyclic) bond motifs is 1. The number of carbonyl (C=O) groups is 1. The Labute approximate surface area is 117 Å². The van der Waals surface area contributed by atoms with Crippen molar-refractivity contribution in [3.05, 3.63) is 29.3 Å². The largest absolute Gasteiger partial charge is 0.479 e. The molecular formula is C13H17NO5S. The number of nitrogens with one attached hydrogen (secondary N) is 1. The normalized spacial score (nSPS) is 16.4. The predicted octanol–water partition coefficient (Wildman–Crippen LogP) is 0.289. The number of rotatable bonds is 5. The fraction of sp³-hybridized carbons (Fsp3) is 0.462. The van der Waals surface area contributed by atoms with Crippen molar-refractivity contribution in [3.63, 3.8) is 0 Å². The van der Waals surface area contributed by atoms with Gasteiger partial charge in [0.2, 0.25) is 10.0 Å². The van der Waals surface area contributed by atoms with E-state index in [1.165, 1.54) is 11.6 Å². The van der Waals surface area contributed by atoms with Gasteiger partial charge in [0.1, 0.15) is 0 Å². The van der Waals surface area contributed by atoms with E-state index in [4.69, 9.17) is 10.2 Å². The molecule has 6 nitrogen and oxygen atoms in total. The number of aliphatic carboxylic acids is 1. The minimum Gasteiger partial charge on any atom is -0.479 e. The van der Waals surface area contributed by atoms with E-state index in [2.05, 4.69) is 4.72 Å². The lowest BCUT2D eigenvalue weighted by Crippen LogP contribution is -2.36. The Kier molecular flexibility index (Phi) is 4.42. The van der Waals surface area contributed by atoms with Crippen molar-refractivity contribution in [3.8, 4) is 0 Å². The molecule has 1 aromatic rings. The topological polar surface area (TPSA) is 104 Å². The van der Waals surface area contributed by atoms with Gasteiger partial charge in [-0.05, 0) is 48.9 Å². The van der Waals surface area contributed by atoms with E-state index in [0.717, 1.165) is 31.2 Å². The third kappa shape index (κ3) is 3.36. The van der Waals surface area contributed by atoms with E-state index in [1.807, 2.05) is 0 Å². The molecule has 0 heterocycles. The number of benzene rings is 1. The van der Waals surface area contributed by atoms with Gasteiger partial charge in [-0.2, -0.15) is 0 Å². The van der Waals surface area contributed by atoms with Crippen molar-refractivity contribution < 1.29 is 23.4 Å². The lowest BCUT2D eigenvalue weighted by Gasteiger charge is -2.17. The average molecular weight is 299 g/mol. The number of aliphatic hydroxyl groups is 1. The summed E-state index contributed by atoms with van der Waals surface area (Å²) in [6.07, 6.45) is 2.23. The Morgan fingerprint density at radius 3 is 2.55 bits per heavy atom. The molecular weight excluding hydrogens is 282 g/mol. The second-order valence-electron chi connectivity index (χ2n) is 4.84. The molecule has 20 heavy (non-hydrogen) atoms. The lowest BCUT2D eigenvalue weighted by molar-refractivity contribution is -0.146. The van der Waals surface area contributed by atoms with Crippen molar-refractivity contribution in [1.29, 1.82) is 0 Å². The second kappa shape index (κ2) is 5.90. The Morgan fingerprint density at radius 1 is 1.25 bits per heavy atom.